The van der Waals surface area contributed by atoms with Crippen LogP contribution in [0.2, 0.25) is 0 Å². The highest BCUT2D eigenvalue weighted by atomic mass is 16.5. The van der Waals surface area contributed by atoms with Crippen molar-refractivity contribution in [2.45, 2.75) is 38.1 Å². The van der Waals surface area contributed by atoms with Gasteiger partial charge in [0.05, 0.1) is 18.4 Å². The lowest BCUT2D eigenvalue weighted by Crippen LogP contribution is -2.41. The van der Waals surface area contributed by atoms with Gasteiger partial charge in [0.2, 0.25) is 0 Å². The van der Waals surface area contributed by atoms with Crippen LogP contribution in [0.25, 0.3) is 11.3 Å². The first-order chi connectivity index (χ1) is 12.2. The number of nitrogens with zero attached hydrogens (tertiary/aromatic N) is 2. The summed E-state index contributed by atoms with van der Waals surface area (Å²) in [6.07, 6.45) is 7.98. The number of hydrogen-bond acceptors (Lipinski definition) is 4. The van der Waals surface area contributed by atoms with Crippen LogP contribution >= 0.6 is 0 Å². The molecule has 2 aromatic rings. The van der Waals surface area contributed by atoms with Gasteiger partial charge >= 0.3 is 5.97 Å². The molecule has 130 valence electrons. The first-order valence-corrected chi connectivity index (χ1v) is 9.15. The van der Waals surface area contributed by atoms with Crippen molar-refractivity contribution in [2.75, 3.05) is 20.2 Å². The third kappa shape index (κ3) is 3.31. The average molecular weight is 336 g/mol. The number of hydrogen-bond donors (Lipinski definition) is 0. The van der Waals surface area contributed by atoms with Crippen molar-refractivity contribution in [2.24, 2.45) is 0 Å². The lowest BCUT2D eigenvalue weighted by atomic mass is 9.91. The fourth-order valence-electron chi connectivity index (χ4n) is 3.82. The minimum Gasteiger partial charge on any atom is -0.465 e. The third-order valence-electron chi connectivity index (χ3n) is 5.61. The van der Waals surface area contributed by atoms with Crippen molar-refractivity contribution in [3.05, 3.63) is 53.2 Å². The molecular formula is C21H24N2O2. The standard InChI is InChI=1S/C21H24N2O2/c1-25-21(24)18-7-8-20(22-14-18)17-6-5-15-9-11-23(19-3-2-4-19)12-10-16(15)13-17/h5-8,13-14,19H,2-4,9-12H2,1H3. The maximum absolute atomic E-state index is 11.5. The number of fused-ring (bicyclic) bond motifs is 1. The second-order valence-electron chi connectivity index (χ2n) is 7.03. The lowest BCUT2D eigenvalue weighted by molar-refractivity contribution is 0.0600. The van der Waals surface area contributed by atoms with Gasteiger partial charge in [0.25, 0.3) is 0 Å². The Balaban J connectivity index is 1.53. The highest BCUT2D eigenvalue weighted by Gasteiger charge is 2.26. The number of methoxy groups -OCH3 is 1. The Hall–Kier alpha value is -2.20. The summed E-state index contributed by atoms with van der Waals surface area (Å²) >= 11 is 0. The molecular weight excluding hydrogens is 312 g/mol. The second kappa shape index (κ2) is 6.96. The normalized spacial score (nSPS) is 18.1. The Morgan fingerprint density at radius 3 is 2.56 bits per heavy atom. The Kier molecular flexibility index (Phi) is 4.53. The van der Waals surface area contributed by atoms with Gasteiger partial charge in [0.1, 0.15) is 0 Å². The summed E-state index contributed by atoms with van der Waals surface area (Å²) in [4.78, 5) is 18.7. The third-order valence-corrected chi connectivity index (χ3v) is 5.61. The van der Waals surface area contributed by atoms with E-state index in [2.05, 4.69) is 28.1 Å². The fourth-order valence-corrected chi connectivity index (χ4v) is 3.82. The van der Waals surface area contributed by atoms with Crippen molar-refractivity contribution in [3.8, 4) is 11.3 Å². The van der Waals surface area contributed by atoms with Gasteiger partial charge in [-0.2, -0.15) is 0 Å². The van der Waals surface area contributed by atoms with Gasteiger partial charge in [-0.15, -0.1) is 0 Å². The summed E-state index contributed by atoms with van der Waals surface area (Å²) in [7, 11) is 1.38. The number of esters is 1. The van der Waals surface area contributed by atoms with E-state index in [1.165, 1.54) is 44.0 Å². The van der Waals surface area contributed by atoms with Gasteiger partial charge in [-0.3, -0.25) is 9.88 Å². The zero-order valence-electron chi connectivity index (χ0n) is 14.7. The Bertz CT molecular complexity index is 766. The molecule has 0 saturated heterocycles. The molecule has 0 radical (unpaired) electrons. The van der Waals surface area contributed by atoms with Gasteiger partial charge in [-0.05, 0) is 55.0 Å². The molecule has 2 aliphatic rings. The van der Waals surface area contributed by atoms with Gasteiger partial charge in [-0.1, -0.05) is 18.6 Å². The van der Waals surface area contributed by atoms with Crippen LogP contribution in [-0.4, -0.2) is 42.1 Å². The van der Waals surface area contributed by atoms with E-state index in [9.17, 15) is 4.79 Å². The van der Waals surface area contributed by atoms with Crippen LogP contribution in [0.1, 0.15) is 40.7 Å². The molecule has 1 aliphatic carbocycles. The summed E-state index contributed by atoms with van der Waals surface area (Å²) in [5.74, 6) is -0.350. The Morgan fingerprint density at radius 2 is 1.92 bits per heavy atom. The van der Waals surface area contributed by atoms with Crippen molar-refractivity contribution in [1.82, 2.24) is 9.88 Å². The molecule has 0 amide bonds. The van der Waals surface area contributed by atoms with Crippen LogP contribution in [-0.2, 0) is 17.6 Å². The van der Waals surface area contributed by atoms with Gasteiger partial charge in [0.15, 0.2) is 0 Å². The predicted molar refractivity (Wildman–Crippen MR) is 97.6 cm³/mol. The van der Waals surface area contributed by atoms with E-state index in [4.69, 9.17) is 4.74 Å². The zero-order chi connectivity index (χ0) is 17.2. The smallest absolute Gasteiger partial charge is 0.339 e. The molecule has 1 fully saturated rings. The van der Waals surface area contributed by atoms with Crippen LogP contribution in [0.3, 0.4) is 0 Å². The number of pyridine rings is 1. The molecule has 4 heteroatoms. The second-order valence-corrected chi connectivity index (χ2v) is 7.03. The Labute approximate surface area is 148 Å². The quantitative estimate of drug-likeness (QED) is 0.805. The predicted octanol–water partition coefficient (Wildman–Crippen LogP) is 3.49. The molecule has 0 atom stereocenters. The minimum atomic E-state index is -0.350. The molecule has 25 heavy (non-hydrogen) atoms. The number of ether oxygens (including phenoxy) is 1. The monoisotopic (exact) mass is 336 g/mol. The molecule has 1 saturated carbocycles. The zero-order valence-corrected chi connectivity index (χ0v) is 14.7. The molecule has 2 heterocycles. The topological polar surface area (TPSA) is 42.4 Å². The summed E-state index contributed by atoms with van der Waals surface area (Å²) in [5, 5.41) is 0. The minimum absolute atomic E-state index is 0.350. The van der Waals surface area contributed by atoms with E-state index >= 15 is 0 Å². The number of rotatable bonds is 3. The fraction of sp³-hybridized carbons (Fsp3) is 0.429. The molecule has 0 N–H and O–H groups in total. The number of benzene rings is 1. The molecule has 1 aromatic carbocycles. The highest BCUT2D eigenvalue weighted by Crippen LogP contribution is 2.29. The van der Waals surface area contributed by atoms with Crippen LogP contribution in [0.5, 0.6) is 0 Å². The SMILES string of the molecule is COC(=O)c1ccc(-c2ccc3c(c2)CCN(C2CCC2)CC3)nc1. The lowest BCUT2D eigenvalue weighted by Gasteiger charge is -2.36. The van der Waals surface area contributed by atoms with Crippen molar-refractivity contribution >= 4 is 5.97 Å². The molecule has 4 rings (SSSR count). The van der Waals surface area contributed by atoms with Crippen molar-refractivity contribution in [1.29, 1.82) is 0 Å². The summed E-state index contributed by atoms with van der Waals surface area (Å²) in [6, 6.07) is 11.2. The number of carbonyl (C=O) groups excluding carboxylic acids is 1. The highest BCUT2D eigenvalue weighted by molar-refractivity contribution is 5.89. The number of carbonyl (C=O) groups is 1. The average Bonchev–Trinajstić information content (AvgIpc) is 2.82. The summed E-state index contributed by atoms with van der Waals surface area (Å²) in [5.41, 5.74) is 5.41. The first kappa shape index (κ1) is 16.3. The molecule has 0 spiro atoms. The van der Waals surface area contributed by atoms with Crippen molar-refractivity contribution < 1.29 is 9.53 Å². The van der Waals surface area contributed by atoms with E-state index < -0.39 is 0 Å². The van der Waals surface area contributed by atoms with E-state index in [-0.39, 0.29) is 5.97 Å². The van der Waals surface area contributed by atoms with Crippen LogP contribution < -0.4 is 0 Å². The van der Waals surface area contributed by atoms with Gasteiger partial charge in [-0.25, -0.2) is 4.79 Å². The maximum atomic E-state index is 11.5. The maximum Gasteiger partial charge on any atom is 0.339 e. The number of aromatic nitrogens is 1. The molecule has 0 unspecified atom stereocenters. The van der Waals surface area contributed by atoms with E-state index in [0.717, 1.165) is 36.7 Å². The van der Waals surface area contributed by atoms with Gasteiger partial charge < -0.3 is 4.74 Å². The van der Waals surface area contributed by atoms with Crippen LogP contribution in [0.15, 0.2) is 36.5 Å². The van der Waals surface area contributed by atoms with E-state index in [1.54, 1.807) is 12.3 Å². The van der Waals surface area contributed by atoms with Crippen LogP contribution in [0, 0.1) is 0 Å². The molecule has 1 aliphatic heterocycles. The van der Waals surface area contributed by atoms with Crippen molar-refractivity contribution in [3.63, 3.8) is 0 Å². The van der Waals surface area contributed by atoms with E-state index in [0.29, 0.717) is 5.56 Å². The summed E-state index contributed by atoms with van der Waals surface area (Å²) in [6.45, 7) is 2.35. The summed E-state index contributed by atoms with van der Waals surface area (Å²) < 4.78 is 4.73. The molecule has 4 nitrogen and oxygen atoms in total. The largest absolute Gasteiger partial charge is 0.465 e. The van der Waals surface area contributed by atoms with E-state index in [1.807, 2.05) is 6.07 Å². The van der Waals surface area contributed by atoms with Gasteiger partial charge in [0, 0.05) is 30.9 Å². The first-order valence-electron chi connectivity index (χ1n) is 9.15. The van der Waals surface area contributed by atoms with Crippen LogP contribution in [0.4, 0.5) is 0 Å². The Morgan fingerprint density at radius 1 is 1.12 bits per heavy atom. The molecule has 0 bridgehead atoms. The molecule has 1 aromatic heterocycles.